The van der Waals surface area contributed by atoms with Crippen molar-refractivity contribution in [2.75, 3.05) is 12.4 Å². The second-order valence-electron chi connectivity index (χ2n) is 5.72. The number of fused-ring (bicyclic) bond motifs is 1. The van der Waals surface area contributed by atoms with Crippen LogP contribution in [0.4, 0.5) is 11.4 Å². The molecule has 0 bridgehead atoms. The summed E-state index contributed by atoms with van der Waals surface area (Å²) >= 11 is 3.52. The molecule has 130 valence electrons. The minimum Gasteiger partial charge on any atom is -0.497 e. The number of hydrogen-bond donors (Lipinski definition) is 1. The average molecular weight is 411 g/mol. The van der Waals surface area contributed by atoms with Crippen LogP contribution in [0, 0.1) is 6.92 Å². The summed E-state index contributed by atoms with van der Waals surface area (Å²) < 4.78 is 12.0. The molecule has 7 heteroatoms. The van der Waals surface area contributed by atoms with E-state index in [2.05, 4.69) is 36.4 Å². The van der Waals surface area contributed by atoms with Crippen molar-refractivity contribution in [3.63, 3.8) is 0 Å². The molecule has 0 aliphatic carbocycles. The van der Waals surface area contributed by atoms with Gasteiger partial charge in [-0.1, -0.05) is 15.9 Å². The maximum absolute atomic E-state index is 5.54. The van der Waals surface area contributed by atoms with Gasteiger partial charge in [0, 0.05) is 46.0 Å². The third-order valence-corrected chi connectivity index (χ3v) is 4.39. The Morgan fingerprint density at radius 3 is 2.73 bits per heavy atom. The van der Waals surface area contributed by atoms with Crippen LogP contribution in [-0.4, -0.2) is 22.3 Å². The number of aryl methyl sites for hydroxylation is 1. The second kappa shape index (κ2) is 6.76. The smallest absolute Gasteiger partial charge is 0.247 e. The van der Waals surface area contributed by atoms with Crippen molar-refractivity contribution in [2.45, 2.75) is 6.92 Å². The van der Waals surface area contributed by atoms with Crippen LogP contribution in [-0.2, 0) is 0 Å². The van der Waals surface area contributed by atoms with E-state index in [1.54, 1.807) is 20.2 Å². The average Bonchev–Trinajstić information content (AvgIpc) is 3.08. The number of anilines is 2. The van der Waals surface area contributed by atoms with E-state index < -0.39 is 0 Å². The molecule has 0 saturated carbocycles. The Balaban J connectivity index is 1.78. The predicted octanol–water partition coefficient (Wildman–Crippen LogP) is 5.11. The SMILES string of the molecule is COc1cc(Nc2ccnc3ccc(Br)cc23)cc(-c2nnc(C)o2)c1. The molecule has 2 heterocycles. The fraction of sp³-hybridized carbons (Fsp3) is 0.105. The van der Waals surface area contributed by atoms with E-state index >= 15 is 0 Å². The van der Waals surface area contributed by atoms with E-state index in [-0.39, 0.29) is 0 Å². The van der Waals surface area contributed by atoms with Gasteiger partial charge in [-0.25, -0.2) is 0 Å². The molecule has 0 radical (unpaired) electrons. The molecule has 1 N–H and O–H groups in total. The summed E-state index contributed by atoms with van der Waals surface area (Å²) in [6.45, 7) is 1.76. The lowest BCUT2D eigenvalue weighted by Gasteiger charge is -2.12. The quantitative estimate of drug-likeness (QED) is 0.503. The second-order valence-corrected chi connectivity index (χ2v) is 6.64. The molecule has 0 saturated heterocycles. The molecule has 0 aliphatic rings. The molecular weight excluding hydrogens is 396 g/mol. The molecule has 2 aromatic heterocycles. The van der Waals surface area contributed by atoms with Crippen molar-refractivity contribution >= 4 is 38.2 Å². The minimum atomic E-state index is 0.451. The topological polar surface area (TPSA) is 73.1 Å². The Morgan fingerprint density at radius 1 is 1.08 bits per heavy atom. The summed E-state index contributed by atoms with van der Waals surface area (Å²) in [6.07, 6.45) is 1.78. The molecule has 0 unspecified atom stereocenters. The molecule has 0 amide bonds. The van der Waals surface area contributed by atoms with Crippen LogP contribution < -0.4 is 10.1 Å². The molecule has 2 aromatic carbocycles. The first-order valence-electron chi connectivity index (χ1n) is 7.93. The van der Waals surface area contributed by atoms with Crippen molar-refractivity contribution < 1.29 is 9.15 Å². The van der Waals surface area contributed by atoms with Crippen molar-refractivity contribution in [3.05, 3.63) is 59.0 Å². The molecule has 0 fully saturated rings. The van der Waals surface area contributed by atoms with Crippen molar-refractivity contribution in [1.29, 1.82) is 0 Å². The lowest BCUT2D eigenvalue weighted by molar-refractivity contribution is 0.415. The zero-order valence-corrected chi connectivity index (χ0v) is 15.7. The minimum absolute atomic E-state index is 0.451. The van der Waals surface area contributed by atoms with Crippen LogP contribution in [0.15, 0.2) is 57.6 Å². The Kier molecular flexibility index (Phi) is 4.30. The van der Waals surface area contributed by atoms with Gasteiger partial charge in [0.15, 0.2) is 0 Å². The maximum Gasteiger partial charge on any atom is 0.247 e. The molecule has 0 atom stereocenters. The third kappa shape index (κ3) is 3.25. The molecule has 6 nitrogen and oxygen atoms in total. The number of ether oxygens (including phenoxy) is 1. The Hall–Kier alpha value is -2.93. The van der Waals surface area contributed by atoms with Crippen molar-refractivity contribution in [1.82, 2.24) is 15.2 Å². The normalized spacial score (nSPS) is 10.9. The maximum atomic E-state index is 5.54. The Bertz CT molecular complexity index is 1090. The number of benzene rings is 2. The Labute approximate surface area is 158 Å². The van der Waals surface area contributed by atoms with Gasteiger partial charge in [-0.2, -0.15) is 0 Å². The first-order chi connectivity index (χ1) is 12.6. The van der Waals surface area contributed by atoms with E-state index in [4.69, 9.17) is 9.15 Å². The number of rotatable bonds is 4. The fourth-order valence-electron chi connectivity index (χ4n) is 2.71. The van der Waals surface area contributed by atoms with Crippen LogP contribution in [0.2, 0.25) is 0 Å². The summed E-state index contributed by atoms with van der Waals surface area (Å²) in [4.78, 5) is 4.41. The largest absolute Gasteiger partial charge is 0.497 e. The van der Waals surface area contributed by atoms with Crippen molar-refractivity contribution in [3.8, 4) is 17.2 Å². The fourth-order valence-corrected chi connectivity index (χ4v) is 3.07. The number of pyridine rings is 1. The highest BCUT2D eigenvalue weighted by Gasteiger charge is 2.11. The number of nitrogens with zero attached hydrogens (tertiary/aromatic N) is 3. The number of hydrogen-bond acceptors (Lipinski definition) is 6. The van der Waals surface area contributed by atoms with Gasteiger partial charge >= 0.3 is 0 Å². The predicted molar refractivity (Wildman–Crippen MR) is 104 cm³/mol. The van der Waals surface area contributed by atoms with Crippen LogP contribution in [0.5, 0.6) is 5.75 Å². The molecule has 26 heavy (non-hydrogen) atoms. The number of nitrogens with one attached hydrogen (secondary N) is 1. The van der Waals surface area contributed by atoms with E-state index in [1.807, 2.05) is 42.5 Å². The lowest BCUT2D eigenvalue weighted by Crippen LogP contribution is -1.95. The van der Waals surface area contributed by atoms with Gasteiger partial charge in [0.2, 0.25) is 11.8 Å². The molecular formula is C19H15BrN4O2. The third-order valence-electron chi connectivity index (χ3n) is 3.90. The summed E-state index contributed by atoms with van der Waals surface area (Å²) in [7, 11) is 1.63. The van der Waals surface area contributed by atoms with Crippen LogP contribution >= 0.6 is 15.9 Å². The van der Waals surface area contributed by atoms with E-state index in [0.717, 1.165) is 32.3 Å². The van der Waals surface area contributed by atoms with Gasteiger partial charge in [0.25, 0.3) is 0 Å². The number of halogens is 1. The van der Waals surface area contributed by atoms with Gasteiger partial charge in [-0.3, -0.25) is 4.98 Å². The van der Waals surface area contributed by atoms with Gasteiger partial charge in [-0.15, -0.1) is 10.2 Å². The highest BCUT2D eigenvalue weighted by molar-refractivity contribution is 9.10. The summed E-state index contributed by atoms with van der Waals surface area (Å²) in [5.41, 5.74) is 3.49. The molecule has 0 spiro atoms. The van der Waals surface area contributed by atoms with E-state index in [0.29, 0.717) is 17.5 Å². The number of aromatic nitrogens is 3. The van der Waals surface area contributed by atoms with Gasteiger partial charge in [-0.05, 0) is 36.4 Å². The molecule has 0 aliphatic heterocycles. The molecule has 4 rings (SSSR count). The zero-order valence-electron chi connectivity index (χ0n) is 14.2. The highest BCUT2D eigenvalue weighted by atomic mass is 79.9. The van der Waals surface area contributed by atoms with Crippen molar-refractivity contribution in [2.24, 2.45) is 0 Å². The van der Waals surface area contributed by atoms with Gasteiger partial charge < -0.3 is 14.5 Å². The monoisotopic (exact) mass is 410 g/mol. The molecule has 4 aromatic rings. The van der Waals surface area contributed by atoms with Gasteiger partial charge in [0.05, 0.1) is 12.6 Å². The van der Waals surface area contributed by atoms with Crippen LogP contribution in [0.3, 0.4) is 0 Å². The van der Waals surface area contributed by atoms with E-state index in [9.17, 15) is 0 Å². The first-order valence-corrected chi connectivity index (χ1v) is 8.72. The van der Waals surface area contributed by atoms with Crippen LogP contribution in [0.1, 0.15) is 5.89 Å². The summed E-state index contributed by atoms with van der Waals surface area (Å²) in [6, 6.07) is 13.6. The highest BCUT2D eigenvalue weighted by Crippen LogP contribution is 2.32. The summed E-state index contributed by atoms with van der Waals surface area (Å²) in [5.74, 6) is 1.66. The van der Waals surface area contributed by atoms with E-state index in [1.165, 1.54) is 0 Å². The first kappa shape index (κ1) is 16.5. The van der Waals surface area contributed by atoms with Crippen LogP contribution in [0.25, 0.3) is 22.4 Å². The summed E-state index contributed by atoms with van der Waals surface area (Å²) in [5, 5.41) is 12.4. The Morgan fingerprint density at radius 2 is 1.96 bits per heavy atom. The lowest BCUT2D eigenvalue weighted by atomic mass is 10.1. The number of methoxy groups -OCH3 is 1. The van der Waals surface area contributed by atoms with Gasteiger partial charge in [0.1, 0.15) is 5.75 Å². The zero-order chi connectivity index (χ0) is 18.1. The standard InChI is InChI=1S/C19H15BrN4O2/c1-11-23-24-19(26-11)12-7-14(10-15(8-12)25-2)22-18-5-6-21-17-4-3-13(20)9-16(17)18/h3-10H,1-2H3,(H,21,22).